The summed E-state index contributed by atoms with van der Waals surface area (Å²) in [5.74, 6) is 0.144. The van der Waals surface area contributed by atoms with E-state index < -0.39 is 16.0 Å². The van der Waals surface area contributed by atoms with Gasteiger partial charge in [-0.15, -0.1) is 0 Å². The zero-order valence-corrected chi connectivity index (χ0v) is 14.9. The first-order valence-electron chi connectivity index (χ1n) is 7.11. The summed E-state index contributed by atoms with van der Waals surface area (Å²) in [6.07, 6.45) is 0.572. The fourth-order valence-electron chi connectivity index (χ4n) is 2.12. The number of ether oxygens (including phenoxy) is 3. The number of rotatable bonds is 8. The summed E-state index contributed by atoms with van der Waals surface area (Å²) in [6, 6.07) is 3.00. The highest BCUT2D eigenvalue weighted by Crippen LogP contribution is 2.33. The molecule has 23 heavy (non-hydrogen) atoms. The Morgan fingerprint density at radius 2 is 1.70 bits per heavy atom. The van der Waals surface area contributed by atoms with E-state index in [1.54, 1.807) is 13.0 Å². The number of hydrogen-bond acceptors (Lipinski definition) is 6. The van der Waals surface area contributed by atoms with Crippen molar-refractivity contribution in [1.29, 1.82) is 0 Å². The quantitative estimate of drug-likeness (QED) is 0.666. The summed E-state index contributed by atoms with van der Waals surface area (Å²) in [4.78, 5) is 11.6. The van der Waals surface area contributed by atoms with Crippen LogP contribution < -0.4 is 9.47 Å². The Bertz CT molecular complexity index is 656. The van der Waals surface area contributed by atoms with Gasteiger partial charge in [-0.1, -0.05) is 6.92 Å². The molecule has 0 aliphatic carbocycles. The van der Waals surface area contributed by atoms with E-state index in [2.05, 4.69) is 4.74 Å². The van der Waals surface area contributed by atoms with Crippen molar-refractivity contribution in [2.75, 3.05) is 34.4 Å². The van der Waals surface area contributed by atoms with Crippen molar-refractivity contribution in [2.24, 2.45) is 0 Å². The zero-order chi connectivity index (χ0) is 17.6. The SMILES string of the molecule is CCCN(CC(=O)OC)S(=O)(=O)c1cc(OC)c(OC)cc1C. The number of nitrogens with zero attached hydrogens (tertiary/aromatic N) is 1. The van der Waals surface area contributed by atoms with E-state index in [1.165, 1.54) is 27.4 Å². The lowest BCUT2D eigenvalue weighted by atomic mass is 10.2. The topological polar surface area (TPSA) is 82.1 Å². The van der Waals surface area contributed by atoms with Gasteiger partial charge in [0.15, 0.2) is 11.5 Å². The summed E-state index contributed by atoms with van der Waals surface area (Å²) >= 11 is 0. The molecule has 0 heterocycles. The van der Waals surface area contributed by atoms with Gasteiger partial charge in [-0.2, -0.15) is 4.31 Å². The van der Waals surface area contributed by atoms with Gasteiger partial charge < -0.3 is 14.2 Å². The zero-order valence-electron chi connectivity index (χ0n) is 14.1. The minimum Gasteiger partial charge on any atom is -0.493 e. The van der Waals surface area contributed by atoms with E-state index in [9.17, 15) is 13.2 Å². The number of aryl methyl sites for hydroxylation is 1. The van der Waals surface area contributed by atoms with Crippen LogP contribution in [0.15, 0.2) is 17.0 Å². The summed E-state index contributed by atoms with van der Waals surface area (Å²) in [7, 11) is 0.274. The summed E-state index contributed by atoms with van der Waals surface area (Å²) < 4.78 is 41.8. The molecule has 0 unspecified atom stereocenters. The summed E-state index contributed by atoms with van der Waals surface area (Å²) in [6.45, 7) is 3.38. The minimum atomic E-state index is -3.86. The Kier molecular flexibility index (Phi) is 6.83. The van der Waals surface area contributed by atoms with Gasteiger partial charge in [-0.05, 0) is 25.0 Å². The van der Waals surface area contributed by atoms with Crippen LogP contribution in [0.3, 0.4) is 0 Å². The molecule has 8 heteroatoms. The molecule has 0 aliphatic rings. The van der Waals surface area contributed by atoms with Crippen molar-refractivity contribution in [3.05, 3.63) is 17.7 Å². The second-order valence-corrected chi connectivity index (χ2v) is 6.79. The molecule has 0 atom stereocenters. The second-order valence-electron chi connectivity index (χ2n) is 4.89. The van der Waals surface area contributed by atoms with Crippen molar-refractivity contribution < 1.29 is 27.4 Å². The normalized spacial score (nSPS) is 11.4. The van der Waals surface area contributed by atoms with Crippen molar-refractivity contribution in [1.82, 2.24) is 4.31 Å². The van der Waals surface area contributed by atoms with Gasteiger partial charge in [-0.25, -0.2) is 8.42 Å². The smallest absolute Gasteiger partial charge is 0.321 e. The molecule has 1 aromatic carbocycles. The molecule has 0 aromatic heterocycles. The number of sulfonamides is 1. The molecule has 0 N–H and O–H groups in total. The van der Waals surface area contributed by atoms with E-state index in [0.717, 1.165) is 4.31 Å². The number of esters is 1. The van der Waals surface area contributed by atoms with Crippen LogP contribution in [0.25, 0.3) is 0 Å². The Hall–Kier alpha value is -1.80. The third-order valence-electron chi connectivity index (χ3n) is 3.31. The highest BCUT2D eigenvalue weighted by atomic mass is 32.2. The van der Waals surface area contributed by atoms with Gasteiger partial charge in [0.1, 0.15) is 6.54 Å². The average molecular weight is 345 g/mol. The average Bonchev–Trinajstić information content (AvgIpc) is 2.53. The highest BCUT2D eigenvalue weighted by Gasteiger charge is 2.29. The first kappa shape index (κ1) is 19.2. The van der Waals surface area contributed by atoms with Gasteiger partial charge in [0.2, 0.25) is 10.0 Å². The molecule has 130 valence electrons. The Morgan fingerprint density at radius 3 is 2.17 bits per heavy atom. The predicted molar refractivity (Wildman–Crippen MR) is 85.3 cm³/mol. The van der Waals surface area contributed by atoms with E-state index in [1.807, 2.05) is 6.92 Å². The molecule has 0 bridgehead atoms. The van der Waals surface area contributed by atoms with Crippen LogP contribution in [0.2, 0.25) is 0 Å². The van der Waals surface area contributed by atoms with Crippen LogP contribution >= 0.6 is 0 Å². The van der Waals surface area contributed by atoms with E-state index in [0.29, 0.717) is 23.5 Å². The predicted octanol–water partition coefficient (Wildman–Crippen LogP) is 1.59. The third-order valence-corrected chi connectivity index (χ3v) is 5.29. The molecule has 0 amide bonds. The maximum Gasteiger partial charge on any atom is 0.321 e. The molecule has 0 saturated heterocycles. The fraction of sp³-hybridized carbons (Fsp3) is 0.533. The van der Waals surface area contributed by atoms with Crippen LogP contribution in [0, 0.1) is 6.92 Å². The molecule has 1 rings (SSSR count). The van der Waals surface area contributed by atoms with Gasteiger partial charge in [0.05, 0.1) is 26.2 Å². The molecule has 0 fully saturated rings. The van der Waals surface area contributed by atoms with Crippen molar-refractivity contribution in [3.63, 3.8) is 0 Å². The highest BCUT2D eigenvalue weighted by molar-refractivity contribution is 7.89. The molecule has 7 nitrogen and oxygen atoms in total. The minimum absolute atomic E-state index is 0.0764. The Labute approximate surface area is 137 Å². The maximum atomic E-state index is 12.9. The van der Waals surface area contributed by atoms with Crippen LogP contribution in [0.4, 0.5) is 0 Å². The lowest BCUT2D eigenvalue weighted by Gasteiger charge is -2.22. The number of carbonyl (C=O) groups is 1. The number of methoxy groups -OCH3 is 3. The van der Waals surface area contributed by atoms with Crippen molar-refractivity contribution in [2.45, 2.75) is 25.2 Å². The monoisotopic (exact) mass is 345 g/mol. The van der Waals surface area contributed by atoms with Crippen LogP contribution in [0.1, 0.15) is 18.9 Å². The van der Waals surface area contributed by atoms with Gasteiger partial charge >= 0.3 is 5.97 Å². The largest absolute Gasteiger partial charge is 0.493 e. The Morgan fingerprint density at radius 1 is 1.13 bits per heavy atom. The summed E-state index contributed by atoms with van der Waals surface area (Å²) in [5, 5.41) is 0. The van der Waals surface area contributed by atoms with E-state index >= 15 is 0 Å². The lowest BCUT2D eigenvalue weighted by molar-refractivity contribution is -0.140. The van der Waals surface area contributed by atoms with E-state index in [4.69, 9.17) is 9.47 Å². The molecular formula is C15H23NO6S. The third kappa shape index (κ3) is 4.35. The first-order chi connectivity index (χ1) is 10.8. The molecule has 0 radical (unpaired) electrons. The number of hydrogen-bond donors (Lipinski definition) is 0. The molecular weight excluding hydrogens is 322 g/mol. The molecule has 0 spiro atoms. The maximum absolute atomic E-state index is 12.9. The first-order valence-corrected chi connectivity index (χ1v) is 8.55. The van der Waals surface area contributed by atoms with Gasteiger partial charge in [0.25, 0.3) is 0 Å². The second kappa shape index (κ2) is 8.16. The van der Waals surface area contributed by atoms with Gasteiger partial charge in [0, 0.05) is 12.6 Å². The lowest BCUT2D eigenvalue weighted by Crippen LogP contribution is -2.37. The molecule has 0 saturated carbocycles. The molecule has 1 aromatic rings. The van der Waals surface area contributed by atoms with Crippen LogP contribution in [0.5, 0.6) is 11.5 Å². The van der Waals surface area contributed by atoms with Crippen molar-refractivity contribution >= 4 is 16.0 Å². The van der Waals surface area contributed by atoms with Crippen LogP contribution in [-0.2, 0) is 19.6 Å². The number of benzene rings is 1. The van der Waals surface area contributed by atoms with E-state index in [-0.39, 0.29) is 18.0 Å². The van der Waals surface area contributed by atoms with Crippen molar-refractivity contribution in [3.8, 4) is 11.5 Å². The fourth-order valence-corrected chi connectivity index (χ4v) is 3.82. The summed E-state index contributed by atoms with van der Waals surface area (Å²) in [5.41, 5.74) is 0.508. The Balaban J connectivity index is 3.36. The standard InChI is InChI=1S/C15H23NO6S/c1-6-7-16(10-15(17)22-5)23(18,19)14-9-13(21-4)12(20-3)8-11(14)2/h8-9H,6-7,10H2,1-5H3. The number of carbonyl (C=O) groups excluding carboxylic acids is 1. The van der Waals surface area contributed by atoms with Gasteiger partial charge in [-0.3, -0.25) is 4.79 Å². The van der Waals surface area contributed by atoms with Crippen LogP contribution in [-0.4, -0.2) is 53.1 Å². The molecule has 0 aliphatic heterocycles.